The van der Waals surface area contributed by atoms with Gasteiger partial charge in [0.2, 0.25) is 0 Å². The van der Waals surface area contributed by atoms with Crippen LogP contribution in [0.5, 0.6) is 0 Å². The summed E-state index contributed by atoms with van der Waals surface area (Å²) >= 11 is 12.7. The first-order valence-electron chi connectivity index (χ1n) is 2.83. The molecule has 2 nitrogen and oxygen atoms in total. The molecule has 0 unspecified atom stereocenters. The predicted molar refractivity (Wildman–Crippen MR) is 47.4 cm³/mol. The SMILES string of the molecule is Clc1cnc2nc(Cl)sc2c1. The molecule has 0 aliphatic carbocycles. The summed E-state index contributed by atoms with van der Waals surface area (Å²) in [6.07, 6.45) is 1.56. The number of nitrogens with zero attached hydrogens (tertiary/aromatic N) is 2. The summed E-state index contributed by atoms with van der Waals surface area (Å²) in [6, 6.07) is 1.80. The van der Waals surface area contributed by atoms with Crippen LogP contribution in [0.15, 0.2) is 12.3 Å². The zero-order valence-corrected chi connectivity index (χ0v) is 7.54. The second kappa shape index (κ2) is 2.59. The molecule has 0 saturated carbocycles. The van der Waals surface area contributed by atoms with Crippen molar-refractivity contribution in [1.29, 1.82) is 0 Å². The Morgan fingerprint density at radius 3 is 3.00 bits per heavy atom. The Hall–Kier alpha value is -0.380. The van der Waals surface area contributed by atoms with Crippen LogP contribution in [0.1, 0.15) is 0 Å². The van der Waals surface area contributed by atoms with Crippen molar-refractivity contribution in [1.82, 2.24) is 9.97 Å². The normalized spacial score (nSPS) is 10.7. The Kier molecular flexibility index (Phi) is 1.71. The van der Waals surface area contributed by atoms with Crippen molar-refractivity contribution in [2.75, 3.05) is 0 Å². The molecule has 0 amide bonds. The Morgan fingerprint density at radius 2 is 2.18 bits per heavy atom. The van der Waals surface area contributed by atoms with Crippen LogP contribution < -0.4 is 0 Å². The molecule has 56 valence electrons. The van der Waals surface area contributed by atoms with Crippen LogP contribution in [0, 0.1) is 0 Å². The minimum absolute atomic E-state index is 0.495. The molecule has 0 aromatic carbocycles. The van der Waals surface area contributed by atoms with Crippen molar-refractivity contribution in [3.05, 3.63) is 21.8 Å². The highest BCUT2D eigenvalue weighted by atomic mass is 35.5. The number of halogens is 2. The molecule has 0 atom stereocenters. The maximum Gasteiger partial charge on any atom is 0.186 e. The van der Waals surface area contributed by atoms with Crippen LogP contribution in [-0.2, 0) is 0 Å². The zero-order chi connectivity index (χ0) is 7.84. The molecule has 0 N–H and O–H groups in total. The highest BCUT2D eigenvalue weighted by Crippen LogP contribution is 2.25. The molecule has 0 bridgehead atoms. The first-order valence-corrected chi connectivity index (χ1v) is 4.40. The van der Waals surface area contributed by atoms with Crippen molar-refractivity contribution in [2.24, 2.45) is 0 Å². The van der Waals surface area contributed by atoms with Gasteiger partial charge in [-0.1, -0.05) is 23.2 Å². The Morgan fingerprint density at radius 1 is 1.36 bits per heavy atom. The number of hydrogen-bond donors (Lipinski definition) is 0. The molecular formula is C6H2Cl2N2S. The Labute approximate surface area is 76.8 Å². The zero-order valence-electron chi connectivity index (χ0n) is 5.21. The fourth-order valence-corrected chi connectivity index (χ4v) is 2.01. The summed E-state index contributed by atoms with van der Waals surface area (Å²) in [5, 5.41) is 0.609. The highest BCUT2D eigenvalue weighted by molar-refractivity contribution is 7.22. The van der Waals surface area contributed by atoms with Gasteiger partial charge in [0, 0.05) is 6.20 Å². The Bertz CT molecular complexity index is 398. The molecule has 0 aliphatic heterocycles. The molecule has 2 aromatic heterocycles. The molecule has 0 radical (unpaired) electrons. The smallest absolute Gasteiger partial charge is 0.186 e. The van der Waals surface area contributed by atoms with Gasteiger partial charge in [-0.3, -0.25) is 0 Å². The third kappa shape index (κ3) is 1.31. The van der Waals surface area contributed by atoms with E-state index in [1.54, 1.807) is 12.3 Å². The van der Waals surface area contributed by atoms with Gasteiger partial charge >= 0.3 is 0 Å². The van der Waals surface area contributed by atoms with Crippen LogP contribution in [0.2, 0.25) is 9.49 Å². The first kappa shape index (κ1) is 7.28. The van der Waals surface area contributed by atoms with Gasteiger partial charge in [-0.2, -0.15) is 0 Å². The molecular weight excluding hydrogens is 203 g/mol. The summed E-state index contributed by atoms with van der Waals surface area (Å²) in [7, 11) is 0. The first-order chi connectivity index (χ1) is 5.25. The average Bonchev–Trinajstić information content (AvgIpc) is 2.27. The van der Waals surface area contributed by atoms with E-state index in [4.69, 9.17) is 23.2 Å². The molecule has 5 heteroatoms. The minimum Gasteiger partial charge on any atom is -0.234 e. The number of pyridine rings is 1. The van der Waals surface area contributed by atoms with Crippen molar-refractivity contribution >= 4 is 44.9 Å². The molecule has 0 fully saturated rings. The average molecular weight is 205 g/mol. The largest absolute Gasteiger partial charge is 0.234 e. The number of rotatable bonds is 0. The third-order valence-corrected chi connectivity index (χ3v) is 2.49. The predicted octanol–water partition coefficient (Wildman–Crippen LogP) is 3.00. The molecule has 0 aliphatic rings. The van der Waals surface area contributed by atoms with E-state index in [0.717, 1.165) is 4.70 Å². The third-order valence-electron chi connectivity index (χ3n) is 1.19. The topological polar surface area (TPSA) is 25.8 Å². The molecule has 2 aromatic rings. The van der Waals surface area contributed by atoms with Gasteiger partial charge in [-0.15, -0.1) is 11.3 Å². The van der Waals surface area contributed by atoms with Gasteiger partial charge in [-0.25, -0.2) is 9.97 Å². The van der Waals surface area contributed by atoms with Crippen LogP contribution in [-0.4, -0.2) is 9.97 Å². The number of hydrogen-bond acceptors (Lipinski definition) is 3. The standard InChI is InChI=1S/C6H2Cl2N2S/c7-3-1-4-5(9-2-3)10-6(8)11-4/h1-2H. The van der Waals surface area contributed by atoms with Gasteiger partial charge in [0.05, 0.1) is 9.72 Å². The van der Waals surface area contributed by atoms with E-state index >= 15 is 0 Å². The number of thiazole rings is 1. The van der Waals surface area contributed by atoms with E-state index in [1.807, 2.05) is 0 Å². The summed E-state index contributed by atoms with van der Waals surface area (Å²) < 4.78 is 1.41. The molecule has 2 heterocycles. The lowest BCUT2D eigenvalue weighted by Gasteiger charge is -1.85. The van der Waals surface area contributed by atoms with Gasteiger partial charge in [-0.05, 0) is 6.07 Å². The fourth-order valence-electron chi connectivity index (χ4n) is 0.769. The van der Waals surface area contributed by atoms with Crippen LogP contribution in [0.25, 0.3) is 10.3 Å². The van der Waals surface area contributed by atoms with Crippen molar-refractivity contribution in [3.63, 3.8) is 0 Å². The lowest BCUT2D eigenvalue weighted by molar-refractivity contribution is 1.33. The lowest BCUT2D eigenvalue weighted by atomic mass is 10.5. The van der Waals surface area contributed by atoms with E-state index in [1.165, 1.54) is 11.3 Å². The van der Waals surface area contributed by atoms with E-state index in [2.05, 4.69) is 9.97 Å². The molecule has 0 spiro atoms. The van der Waals surface area contributed by atoms with E-state index in [9.17, 15) is 0 Å². The second-order valence-electron chi connectivity index (χ2n) is 1.94. The van der Waals surface area contributed by atoms with E-state index in [0.29, 0.717) is 15.1 Å². The van der Waals surface area contributed by atoms with Crippen LogP contribution >= 0.6 is 34.5 Å². The Balaban J connectivity index is 2.82. The fraction of sp³-hybridized carbons (Fsp3) is 0. The minimum atomic E-state index is 0.495. The van der Waals surface area contributed by atoms with Crippen molar-refractivity contribution < 1.29 is 0 Å². The highest BCUT2D eigenvalue weighted by Gasteiger charge is 2.01. The molecule has 11 heavy (non-hydrogen) atoms. The maximum absolute atomic E-state index is 5.70. The quantitative estimate of drug-likeness (QED) is 0.660. The summed E-state index contributed by atoms with van der Waals surface area (Å²) in [5.74, 6) is 0. The van der Waals surface area contributed by atoms with Crippen molar-refractivity contribution in [2.45, 2.75) is 0 Å². The van der Waals surface area contributed by atoms with Crippen LogP contribution in [0.4, 0.5) is 0 Å². The molecule has 0 saturated heterocycles. The monoisotopic (exact) mass is 204 g/mol. The van der Waals surface area contributed by atoms with Gasteiger partial charge in [0.15, 0.2) is 10.1 Å². The van der Waals surface area contributed by atoms with Gasteiger partial charge < -0.3 is 0 Å². The maximum atomic E-state index is 5.70. The van der Waals surface area contributed by atoms with Crippen LogP contribution in [0.3, 0.4) is 0 Å². The van der Waals surface area contributed by atoms with E-state index < -0.39 is 0 Å². The summed E-state index contributed by atoms with van der Waals surface area (Å²) in [6.45, 7) is 0. The van der Waals surface area contributed by atoms with Crippen molar-refractivity contribution in [3.8, 4) is 0 Å². The van der Waals surface area contributed by atoms with E-state index in [-0.39, 0.29) is 0 Å². The summed E-state index contributed by atoms with van der Waals surface area (Å²) in [4.78, 5) is 7.95. The number of aromatic nitrogens is 2. The molecule has 2 rings (SSSR count). The van der Waals surface area contributed by atoms with Gasteiger partial charge in [0.25, 0.3) is 0 Å². The second-order valence-corrected chi connectivity index (χ2v) is 3.99. The lowest BCUT2D eigenvalue weighted by Crippen LogP contribution is -1.73. The summed E-state index contributed by atoms with van der Waals surface area (Å²) in [5.41, 5.74) is 0.657. The van der Waals surface area contributed by atoms with Gasteiger partial charge in [0.1, 0.15) is 0 Å². The number of fused-ring (bicyclic) bond motifs is 1.